The summed E-state index contributed by atoms with van der Waals surface area (Å²) in [5, 5.41) is 4.20. The Bertz CT molecular complexity index is 820. The third-order valence-electron chi connectivity index (χ3n) is 5.37. The lowest BCUT2D eigenvalue weighted by atomic mass is 10.3. The van der Waals surface area contributed by atoms with E-state index in [-0.39, 0.29) is 18.6 Å². The van der Waals surface area contributed by atoms with Crippen LogP contribution in [0.2, 0.25) is 10.2 Å². The van der Waals surface area contributed by atoms with Gasteiger partial charge >= 0.3 is 0 Å². The molecule has 1 aliphatic carbocycles. The molecule has 2 fully saturated rings. The van der Waals surface area contributed by atoms with Crippen molar-refractivity contribution in [2.75, 3.05) is 32.8 Å². The zero-order chi connectivity index (χ0) is 20.2. The summed E-state index contributed by atoms with van der Waals surface area (Å²) in [5.74, 6) is 2.41. The minimum atomic E-state index is -0.0733. The summed E-state index contributed by atoms with van der Waals surface area (Å²) >= 11 is 11.6. The van der Waals surface area contributed by atoms with Crippen LogP contribution < -0.4 is 14.8 Å². The number of nitrogens with one attached hydrogen (secondary N) is 1. The Morgan fingerprint density at radius 1 is 1.07 bits per heavy atom. The molecular formula is C21H23Cl2N3O3. The van der Waals surface area contributed by atoms with Crippen molar-refractivity contribution < 1.29 is 14.3 Å². The first kappa shape index (κ1) is 20.3. The summed E-state index contributed by atoms with van der Waals surface area (Å²) in [6.45, 7) is 3.72. The van der Waals surface area contributed by atoms with E-state index in [1.165, 1.54) is 0 Å². The van der Waals surface area contributed by atoms with E-state index in [0.29, 0.717) is 34.4 Å². The number of pyridine rings is 1. The molecule has 1 aliphatic heterocycles. The molecule has 29 heavy (non-hydrogen) atoms. The number of nitrogens with zero attached hydrogens (tertiary/aromatic N) is 2. The highest BCUT2D eigenvalue weighted by Crippen LogP contribution is 2.45. The van der Waals surface area contributed by atoms with Gasteiger partial charge in [0.1, 0.15) is 16.7 Å². The maximum absolute atomic E-state index is 12.1. The number of amides is 1. The zero-order valence-electron chi connectivity index (χ0n) is 15.9. The van der Waals surface area contributed by atoms with Gasteiger partial charge < -0.3 is 19.7 Å². The molecule has 6 nitrogen and oxygen atoms in total. The van der Waals surface area contributed by atoms with Crippen LogP contribution in [0.25, 0.3) is 0 Å². The molecule has 0 bridgehead atoms. The Balaban J connectivity index is 1.08. The monoisotopic (exact) mass is 435 g/mol. The van der Waals surface area contributed by atoms with Crippen molar-refractivity contribution in [3.63, 3.8) is 0 Å². The molecule has 0 spiro atoms. The smallest absolute Gasteiger partial charge is 0.258 e. The molecule has 2 aliphatic rings. The number of hydrogen-bond donors (Lipinski definition) is 1. The van der Waals surface area contributed by atoms with Crippen LogP contribution in [0.15, 0.2) is 42.6 Å². The zero-order valence-corrected chi connectivity index (χ0v) is 17.4. The predicted octanol–water partition coefficient (Wildman–Crippen LogP) is 3.28. The minimum absolute atomic E-state index is 0.0260. The predicted molar refractivity (Wildman–Crippen MR) is 112 cm³/mol. The lowest BCUT2D eigenvalue weighted by molar-refractivity contribution is -0.123. The van der Waals surface area contributed by atoms with Crippen LogP contribution in [0.3, 0.4) is 0 Å². The van der Waals surface area contributed by atoms with E-state index in [1.54, 1.807) is 36.5 Å². The Kier molecular flexibility index (Phi) is 6.43. The first-order valence-corrected chi connectivity index (χ1v) is 10.5. The van der Waals surface area contributed by atoms with Gasteiger partial charge in [0.05, 0.1) is 12.8 Å². The standard InChI is InChI=1S/C21H23Cl2N3O3/c22-14-2-4-15(5-3-14)29-13-20(27)25-21-17-11-26(12-18(17)21)8-1-9-28-16-6-7-19(23)24-10-16/h2-7,10,17-18,21H,1,8-9,11-13H2,(H,25,27)/t17-,18+,21-. The van der Waals surface area contributed by atoms with Crippen molar-refractivity contribution in [3.05, 3.63) is 52.8 Å². The topological polar surface area (TPSA) is 63.7 Å². The van der Waals surface area contributed by atoms with Crippen LogP contribution >= 0.6 is 23.2 Å². The van der Waals surface area contributed by atoms with E-state index >= 15 is 0 Å². The lowest BCUT2D eigenvalue weighted by Gasteiger charge is -2.19. The molecule has 1 amide bonds. The highest BCUT2D eigenvalue weighted by molar-refractivity contribution is 6.30. The van der Waals surface area contributed by atoms with E-state index in [0.717, 1.165) is 31.8 Å². The van der Waals surface area contributed by atoms with Gasteiger partial charge in [-0.1, -0.05) is 23.2 Å². The number of carbonyl (C=O) groups excluding carboxylic acids is 1. The van der Waals surface area contributed by atoms with E-state index in [9.17, 15) is 4.79 Å². The number of halogens is 2. The molecule has 2 aromatic rings. The number of ether oxygens (including phenoxy) is 2. The van der Waals surface area contributed by atoms with Gasteiger partial charge in [-0.15, -0.1) is 0 Å². The average Bonchev–Trinajstić information content (AvgIpc) is 3.15. The number of carbonyl (C=O) groups is 1. The summed E-state index contributed by atoms with van der Waals surface area (Å²) in [5.41, 5.74) is 0. The van der Waals surface area contributed by atoms with Crippen LogP contribution in [0, 0.1) is 11.8 Å². The fourth-order valence-electron chi connectivity index (χ4n) is 3.84. The number of benzene rings is 1. The van der Waals surface area contributed by atoms with E-state index < -0.39 is 0 Å². The Labute approximate surface area is 180 Å². The highest BCUT2D eigenvalue weighted by Gasteiger charge is 2.56. The van der Waals surface area contributed by atoms with Crippen LogP contribution in [0.1, 0.15) is 6.42 Å². The number of fused-ring (bicyclic) bond motifs is 1. The third-order valence-corrected chi connectivity index (χ3v) is 5.84. The maximum Gasteiger partial charge on any atom is 0.258 e. The number of rotatable bonds is 9. The molecule has 0 unspecified atom stereocenters. The van der Waals surface area contributed by atoms with Gasteiger partial charge in [-0.2, -0.15) is 0 Å². The van der Waals surface area contributed by atoms with E-state index in [2.05, 4.69) is 15.2 Å². The minimum Gasteiger partial charge on any atom is -0.492 e. The van der Waals surface area contributed by atoms with Gasteiger partial charge in [0.25, 0.3) is 5.91 Å². The fraction of sp³-hybridized carbons (Fsp3) is 0.429. The number of hydrogen-bond acceptors (Lipinski definition) is 5. The van der Waals surface area contributed by atoms with E-state index in [1.807, 2.05) is 6.07 Å². The summed E-state index contributed by atoms with van der Waals surface area (Å²) < 4.78 is 11.2. The Morgan fingerprint density at radius 3 is 2.48 bits per heavy atom. The Morgan fingerprint density at radius 2 is 1.79 bits per heavy atom. The molecule has 3 atom stereocenters. The summed E-state index contributed by atoms with van der Waals surface area (Å²) in [7, 11) is 0. The SMILES string of the molecule is O=C(COc1ccc(Cl)cc1)N[C@@H]1[C@@H]2CN(CCCOc3ccc(Cl)nc3)C[C@@H]21. The van der Waals surface area contributed by atoms with Crippen LogP contribution in [0.4, 0.5) is 0 Å². The summed E-state index contributed by atoms with van der Waals surface area (Å²) in [6, 6.07) is 10.8. The molecule has 1 saturated carbocycles. The molecule has 1 aromatic heterocycles. The molecule has 1 aromatic carbocycles. The molecule has 1 saturated heterocycles. The molecule has 154 valence electrons. The Hall–Kier alpha value is -2.02. The summed E-state index contributed by atoms with van der Waals surface area (Å²) in [6.07, 6.45) is 2.59. The quantitative estimate of drug-likeness (QED) is 0.483. The van der Waals surface area contributed by atoms with Gasteiger partial charge in [0.2, 0.25) is 0 Å². The fourth-order valence-corrected chi connectivity index (χ4v) is 4.08. The molecule has 8 heteroatoms. The number of likely N-dealkylation sites (tertiary alicyclic amines) is 1. The third kappa shape index (κ3) is 5.53. The largest absolute Gasteiger partial charge is 0.492 e. The lowest BCUT2D eigenvalue weighted by Crippen LogP contribution is -2.37. The second-order valence-electron chi connectivity index (χ2n) is 7.44. The van der Waals surface area contributed by atoms with Gasteiger partial charge in [-0.25, -0.2) is 4.98 Å². The van der Waals surface area contributed by atoms with Crippen molar-refractivity contribution in [1.82, 2.24) is 15.2 Å². The van der Waals surface area contributed by atoms with Gasteiger partial charge in [0, 0.05) is 30.7 Å². The van der Waals surface area contributed by atoms with Crippen molar-refractivity contribution in [3.8, 4) is 11.5 Å². The van der Waals surface area contributed by atoms with Crippen molar-refractivity contribution in [2.24, 2.45) is 11.8 Å². The normalized spacial score (nSPS) is 22.8. The number of aromatic nitrogens is 1. The first-order chi connectivity index (χ1) is 14.1. The highest BCUT2D eigenvalue weighted by atomic mass is 35.5. The van der Waals surface area contributed by atoms with Crippen molar-refractivity contribution >= 4 is 29.1 Å². The van der Waals surface area contributed by atoms with Crippen LogP contribution in [-0.4, -0.2) is 54.7 Å². The van der Waals surface area contributed by atoms with Crippen molar-refractivity contribution in [1.29, 1.82) is 0 Å². The summed E-state index contributed by atoms with van der Waals surface area (Å²) in [4.78, 5) is 18.5. The average molecular weight is 436 g/mol. The van der Waals surface area contributed by atoms with Crippen molar-refractivity contribution in [2.45, 2.75) is 12.5 Å². The molecule has 4 rings (SSSR count). The van der Waals surface area contributed by atoms with Crippen LogP contribution in [0.5, 0.6) is 11.5 Å². The second-order valence-corrected chi connectivity index (χ2v) is 8.27. The molecule has 2 heterocycles. The van der Waals surface area contributed by atoms with E-state index in [4.69, 9.17) is 32.7 Å². The molecule has 0 radical (unpaired) electrons. The molecular weight excluding hydrogens is 413 g/mol. The molecule has 1 N–H and O–H groups in total. The van der Waals surface area contributed by atoms with Gasteiger partial charge in [-0.3, -0.25) is 4.79 Å². The maximum atomic E-state index is 12.1. The first-order valence-electron chi connectivity index (χ1n) is 9.73. The van der Waals surface area contributed by atoms with Gasteiger partial charge in [0.15, 0.2) is 6.61 Å². The van der Waals surface area contributed by atoms with Gasteiger partial charge in [-0.05, 0) is 54.7 Å². The number of piperidine rings is 1. The second kappa shape index (κ2) is 9.20. The van der Waals surface area contributed by atoms with Crippen LogP contribution in [-0.2, 0) is 4.79 Å².